The maximum absolute atomic E-state index is 12.4. The van der Waals surface area contributed by atoms with Gasteiger partial charge in [0.2, 0.25) is 11.0 Å². The Labute approximate surface area is 194 Å². The van der Waals surface area contributed by atoms with E-state index < -0.39 is 11.2 Å². The fourth-order valence-corrected chi connectivity index (χ4v) is 4.30. The van der Waals surface area contributed by atoms with Gasteiger partial charge in [-0.05, 0) is 31.2 Å². The first kappa shape index (κ1) is 22.4. The summed E-state index contributed by atoms with van der Waals surface area (Å²) in [6.07, 6.45) is 0.148. The van der Waals surface area contributed by atoms with Crippen molar-refractivity contribution < 1.29 is 9.53 Å². The maximum atomic E-state index is 12.4. The number of rotatable bonds is 8. The lowest BCUT2D eigenvalue weighted by atomic mass is 10.2. The number of hydrogen-bond acceptors (Lipinski definition) is 10. The SMILES string of the molecule is COc1ccc(-n2c(Cc3cc(=O)[nH]c(=O)[nH]3)nnc2SCC(=O)Nc2nnc(C)s2)cc1. The van der Waals surface area contributed by atoms with Gasteiger partial charge in [-0.25, -0.2) is 4.79 Å². The number of carbonyl (C=O) groups is 1. The first-order valence-electron chi connectivity index (χ1n) is 9.55. The average molecular weight is 487 g/mol. The zero-order valence-corrected chi connectivity index (χ0v) is 19.1. The first-order chi connectivity index (χ1) is 15.9. The summed E-state index contributed by atoms with van der Waals surface area (Å²) in [6, 6.07) is 8.50. The third-order valence-corrected chi connectivity index (χ3v) is 5.98. The Balaban J connectivity index is 1.60. The van der Waals surface area contributed by atoms with E-state index in [0.29, 0.717) is 27.6 Å². The zero-order chi connectivity index (χ0) is 23.4. The lowest BCUT2D eigenvalue weighted by molar-refractivity contribution is -0.113. The number of benzene rings is 1. The van der Waals surface area contributed by atoms with Crippen LogP contribution >= 0.6 is 23.1 Å². The second-order valence-corrected chi connectivity index (χ2v) is 8.81. The van der Waals surface area contributed by atoms with E-state index in [0.717, 1.165) is 10.7 Å². The van der Waals surface area contributed by atoms with Crippen molar-refractivity contribution in [3.8, 4) is 11.4 Å². The molecule has 0 unspecified atom stereocenters. The molecule has 33 heavy (non-hydrogen) atoms. The number of aromatic nitrogens is 7. The number of thioether (sulfide) groups is 1. The molecule has 0 fully saturated rings. The third kappa shape index (κ3) is 5.53. The van der Waals surface area contributed by atoms with Crippen molar-refractivity contribution in [3.05, 3.63) is 67.7 Å². The Bertz CT molecular complexity index is 1360. The van der Waals surface area contributed by atoms with Crippen molar-refractivity contribution in [1.29, 1.82) is 0 Å². The van der Waals surface area contributed by atoms with Crippen LogP contribution < -0.4 is 21.3 Å². The molecule has 0 aliphatic heterocycles. The molecule has 0 aliphatic rings. The Morgan fingerprint density at radius 2 is 1.94 bits per heavy atom. The molecule has 0 saturated heterocycles. The van der Waals surface area contributed by atoms with Crippen LogP contribution in [0.25, 0.3) is 5.69 Å². The number of aromatic amines is 2. The average Bonchev–Trinajstić information content (AvgIpc) is 3.37. The molecule has 14 heteroatoms. The van der Waals surface area contributed by atoms with Crippen molar-refractivity contribution in [1.82, 2.24) is 34.9 Å². The lowest BCUT2D eigenvalue weighted by Crippen LogP contribution is -2.23. The van der Waals surface area contributed by atoms with Crippen molar-refractivity contribution in [3.63, 3.8) is 0 Å². The fourth-order valence-electron chi connectivity index (χ4n) is 2.92. The van der Waals surface area contributed by atoms with E-state index >= 15 is 0 Å². The number of anilines is 1. The maximum Gasteiger partial charge on any atom is 0.325 e. The summed E-state index contributed by atoms with van der Waals surface area (Å²) in [5, 5.41) is 20.5. The number of H-pyrrole nitrogens is 2. The largest absolute Gasteiger partial charge is 0.497 e. The molecular weight excluding hydrogens is 468 g/mol. The molecule has 0 radical (unpaired) electrons. The highest BCUT2D eigenvalue weighted by Gasteiger charge is 2.17. The first-order valence-corrected chi connectivity index (χ1v) is 11.4. The second kappa shape index (κ2) is 9.79. The van der Waals surface area contributed by atoms with Gasteiger partial charge in [0, 0.05) is 23.9 Å². The molecule has 3 aromatic heterocycles. The standard InChI is InChI=1S/C19H18N8O4S2/c1-10-23-25-18(33-10)22-16(29)9-32-19-26-24-14(7-11-8-15(28)21-17(30)20-11)27(19)12-3-5-13(31-2)6-4-12/h3-6,8H,7,9H2,1-2H3,(H,22,25,29)(H2,20,21,28,30). The van der Waals surface area contributed by atoms with Crippen LogP contribution in [-0.4, -0.2) is 53.7 Å². The van der Waals surface area contributed by atoms with Crippen LogP contribution in [0, 0.1) is 6.92 Å². The number of amides is 1. The molecule has 1 amide bonds. The number of aryl methyl sites for hydroxylation is 1. The zero-order valence-electron chi connectivity index (χ0n) is 17.5. The van der Waals surface area contributed by atoms with Crippen LogP contribution in [0.1, 0.15) is 16.5 Å². The normalized spacial score (nSPS) is 10.8. The van der Waals surface area contributed by atoms with Crippen molar-refractivity contribution >= 4 is 34.1 Å². The summed E-state index contributed by atoms with van der Waals surface area (Å²) >= 11 is 2.47. The van der Waals surface area contributed by atoms with E-state index in [2.05, 4.69) is 35.7 Å². The smallest absolute Gasteiger partial charge is 0.325 e. The van der Waals surface area contributed by atoms with Crippen LogP contribution in [-0.2, 0) is 11.2 Å². The highest BCUT2D eigenvalue weighted by atomic mass is 32.2. The minimum absolute atomic E-state index is 0.0642. The fraction of sp³-hybridized carbons (Fsp3) is 0.211. The van der Waals surface area contributed by atoms with Gasteiger partial charge in [0.1, 0.15) is 16.6 Å². The summed E-state index contributed by atoms with van der Waals surface area (Å²) in [6.45, 7) is 1.80. The van der Waals surface area contributed by atoms with E-state index in [9.17, 15) is 14.4 Å². The van der Waals surface area contributed by atoms with Crippen molar-refractivity contribution in [2.24, 2.45) is 0 Å². The Morgan fingerprint density at radius 1 is 1.15 bits per heavy atom. The monoisotopic (exact) mass is 486 g/mol. The molecule has 12 nitrogen and oxygen atoms in total. The Morgan fingerprint density at radius 3 is 2.61 bits per heavy atom. The number of nitrogens with zero attached hydrogens (tertiary/aromatic N) is 5. The molecule has 0 saturated carbocycles. The molecule has 0 atom stereocenters. The summed E-state index contributed by atoms with van der Waals surface area (Å²) < 4.78 is 6.98. The number of hydrogen-bond donors (Lipinski definition) is 3. The van der Waals surface area contributed by atoms with Gasteiger partial charge in [0.25, 0.3) is 5.56 Å². The lowest BCUT2D eigenvalue weighted by Gasteiger charge is -2.11. The Kier molecular flexibility index (Phi) is 6.65. The second-order valence-electron chi connectivity index (χ2n) is 6.69. The summed E-state index contributed by atoms with van der Waals surface area (Å²) in [5.74, 6) is 0.951. The number of methoxy groups -OCH3 is 1. The summed E-state index contributed by atoms with van der Waals surface area (Å²) in [7, 11) is 1.57. The number of ether oxygens (including phenoxy) is 1. The summed E-state index contributed by atoms with van der Waals surface area (Å²) in [4.78, 5) is 40.4. The van der Waals surface area contributed by atoms with E-state index in [4.69, 9.17) is 4.74 Å². The van der Waals surface area contributed by atoms with Gasteiger partial charge < -0.3 is 9.72 Å². The number of nitrogens with one attached hydrogen (secondary N) is 3. The molecule has 4 aromatic rings. The minimum Gasteiger partial charge on any atom is -0.497 e. The van der Waals surface area contributed by atoms with Crippen LogP contribution in [0.4, 0.5) is 5.13 Å². The van der Waals surface area contributed by atoms with Gasteiger partial charge in [-0.1, -0.05) is 23.1 Å². The molecule has 3 N–H and O–H groups in total. The predicted octanol–water partition coefficient (Wildman–Crippen LogP) is 1.13. The molecule has 0 aliphatic carbocycles. The van der Waals surface area contributed by atoms with Crippen LogP contribution in [0.15, 0.2) is 45.1 Å². The quantitative estimate of drug-likeness (QED) is 0.310. The molecule has 4 rings (SSSR count). The van der Waals surface area contributed by atoms with Gasteiger partial charge in [0.05, 0.1) is 12.9 Å². The van der Waals surface area contributed by atoms with Crippen molar-refractivity contribution in [2.75, 3.05) is 18.2 Å². The van der Waals surface area contributed by atoms with Gasteiger partial charge in [0.15, 0.2) is 5.16 Å². The Hall–Kier alpha value is -3.78. The third-order valence-electron chi connectivity index (χ3n) is 4.30. The van der Waals surface area contributed by atoms with Gasteiger partial charge in [-0.3, -0.25) is 24.5 Å². The van der Waals surface area contributed by atoms with E-state index in [1.807, 2.05) is 12.1 Å². The van der Waals surface area contributed by atoms with E-state index in [1.165, 1.54) is 29.2 Å². The summed E-state index contributed by atoms with van der Waals surface area (Å²) in [5.41, 5.74) is -0.00821. The van der Waals surface area contributed by atoms with Gasteiger partial charge >= 0.3 is 5.69 Å². The van der Waals surface area contributed by atoms with Crippen LogP contribution in [0.5, 0.6) is 5.75 Å². The van der Waals surface area contributed by atoms with Crippen LogP contribution in [0.2, 0.25) is 0 Å². The molecule has 0 bridgehead atoms. The topological polar surface area (TPSA) is 161 Å². The van der Waals surface area contributed by atoms with Gasteiger partial charge in [-0.15, -0.1) is 20.4 Å². The molecule has 1 aromatic carbocycles. The van der Waals surface area contributed by atoms with Crippen LogP contribution in [0.3, 0.4) is 0 Å². The molecule has 170 valence electrons. The van der Waals surface area contributed by atoms with E-state index in [1.54, 1.807) is 30.7 Å². The highest BCUT2D eigenvalue weighted by Crippen LogP contribution is 2.25. The van der Waals surface area contributed by atoms with Gasteiger partial charge in [-0.2, -0.15) is 0 Å². The minimum atomic E-state index is -0.605. The predicted molar refractivity (Wildman–Crippen MR) is 122 cm³/mol. The van der Waals surface area contributed by atoms with Crippen molar-refractivity contribution in [2.45, 2.75) is 18.5 Å². The highest BCUT2D eigenvalue weighted by molar-refractivity contribution is 7.99. The molecule has 0 spiro atoms. The molecule has 3 heterocycles. The number of carbonyl (C=O) groups excluding carboxylic acids is 1. The van der Waals surface area contributed by atoms with E-state index in [-0.39, 0.29) is 18.1 Å². The molecular formula is C19H18N8O4S2.